The van der Waals surface area contributed by atoms with Gasteiger partial charge in [0.15, 0.2) is 5.82 Å². The largest absolute Gasteiger partial charge is 0.398 e. The highest BCUT2D eigenvalue weighted by molar-refractivity contribution is 6.29. The predicted molar refractivity (Wildman–Crippen MR) is 74.5 cm³/mol. The van der Waals surface area contributed by atoms with Crippen molar-refractivity contribution < 1.29 is 4.74 Å². The molecule has 0 bridgehead atoms. The van der Waals surface area contributed by atoms with Gasteiger partial charge in [-0.15, -0.1) is 0 Å². The van der Waals surface area contributed by atoms with Crippen LogP contribution in [0.5, 0.6) is 0 Å². The van der Waals surface area contributed by atoms with Crippen LogP contribution in [0.25, 0.3) is 0 Å². The van der Waals surface area contributed by atoms with E-state index in [1.165, 1.54) is 0 Å². The Bertz CT molecular complexity index is 615. The van der Waals surface area contributed by atoms with Gasteiger partial charge >= 0.3 is 0 Å². The molecule has 98 valence electrons. The molecule has 0 aliphatic carbocycles. The number of hydrogen-bond donors (Lipinski definition) is 2. The molecule has 1 aromatic heterocycles. The Balaban J connectivity index is 2.41. The molecule has 0 unspecified atom stereocenters. The number of methoxy groups -OCH3 is 1. The topological polar surface area (TPSA) is 84.9 Å². The van der Waals surface area contributed by atoms with E-state index in [0.717, 1.165) is 0 Å². The molecule has 3 N–H and O–H groups in total. The van der Waals surface area contributed by atoms with Crippen molar-refractivity contribution in [1.82, 2.24) is 9.97 Å². The zero-order chi connectivity index (χ0) is 13.8. The number of nitrogens with one attached hydrogen (secondary N) is 1. The molecule has 0 saturated heterocycles. The highest BCUT2D eigenvalue weighted by Crippen LogP contribution is 2.16. The van der Waals surface area contributed by atoms with Crippen LogP contribution < -0.4 is 5.73 Å². The highest BCUT2D eigenvalue weighted by atomic mass is 35.5. The maximum absolute atomic E-state index is 8.13. The predicted octanol–water partition coefficient (Wildman–Crippen LogP) is 2.27. The third kappa shape index (κ3) is 3.07. The molecular formula is C13H13ClN4O. The number of rotatable bonds is 4. The summed E-state index contributed by atoms with van der Waals surface area (Å²) in [5.41, 5.74) is 7.68. The number of halogens is 1. The van der Waals surface area contributed by atoms with E-state index in [4.69, 9.17) is 27.5 Å². The first-order valence-corrected chi connectivity index (χ1v) is 5.96. The molecule has 0 fully saturated rings. The van der Waals surface area contributed by atoms with Crippen LogP contribution in [0.1, 0.15) is 17.1 Å². The smallest absolute Gasteiger partial charge is 0.179 e. The fourth-order valence-electron chi connectivity index (χ4n) is 1.64. The lowest BCUT2D eigenvalue weighted by Gasteiger charge is -2.08. The summed E-state index contributed by atoms with van der Waals surface area (Å²) in [4.78, 5) is 8.29. The number of para-hydroxylation sites is 1. The molecule has 19 heavy (non-hydrogen) atoms. The van der Waals surface area contributed by atoms with Gasteiger partial charge in [0, 0.05) is 18.4 Å². The van der Waals surface area contributed by atoms with Gasteiger partial charge in [-0.05, 0) is 12.1 Å². The van der Waals surface area contributed by atoms with E-state index in [0.29, 0.717) is 23.6 Å². The summed E-state index contributed by atoms with van der Waals surface area (Å²) in [7, 11) is 1.57. The average molecular weight is 277 g/mol. The number of benzene rings is 1. The molecule has 1 aromatic carbocycles. The summed E-state index contributed by atoms with van der Waals surface area (Å²) in [6.07, 6.45) is 0. The minimum Gasteiger partial charge on any atom is -0.398 e. The minimum atomic E-state index is 0.137. The molecule has 0 amide bonds. The highest BCUT2D eigenvalue weighted by Gasteiger charge is 2.12. The molecule has 2 rings (SSSR count). The Morgan fingerprint density at radius 3 is 2.79 bits per heavy atom. The van der Waals surface area contributed by atoms with Crippen molar-refractivity contribution >= 4 is 23.0 Å². The van der Waals surface area contributed by atoms with Crippen molar-refractivity contribution in [2.45, 2.75) is 6.61 Å². The first kappa shape index (κ1) is 13.5. The van der Waals surface area contributed by atoms with Gasteiger partial charge in [-0.3, -0.25) is 5.41 Å². The minimum absolute atomic E-state index is 0.137. The molecule has 0 spiro atoms. The van der Waals surface area contributed by atoms with Crippen LogP contribution in [0.4, 0.5) is 5.69 Å². The van der Waals surface area contributed by atoms with Crippen LogP contribution in [-0.4, -0.2) is 22.8 Å². The summed E-state index contributed by atoms with van der Waals surface area (Å²) in [6.45, 7) is 0.312. The van der Waals surface area contributed by atoms with Crippen LogP contribution in [0.15, 0.2) is 30.3 Å². The van der Waals surface area contributed by atoms with E-state index >= 15 is 0 Å². The Labute approximate surface area is 115 Å². The Morgan fingerprint density at radius 1 is 1.37 bits per heavy atom. The van der Waals surface area contributed by atoms with Gasteiger partial charge in [0.2, 0.25) is 0 Å². The number of anilines is 1. The zero-order valence-corrected chi connectivity index (χ0v) is 11.1. The van der Waals surface area contributed by atoms with Crippen molar-refractivity contribution in [3.8, 4) is 0 Å². The molecule has 0 aliphatic rings. The Kier molecular flexibility index (Phi) is 4.09. The summed E-state index contributed by atoms with van der Waals surface area (Å²) in [5.74, 6) is 0.234. The van der Waals surface area contributed by atoms with Crippen molar-refractivity contribution in [3.05, 3.63) is 52.6 Å². The number of ether oxygens (including phenoxy) is 1. The fourth-order valence-corrected chi connectivity index (χ4v) is 1.85. The van der Waals surface area contributed by atoms with Crippen molar-refractivity contribution in [1.29, 1.82) is 5.41 Å². The quantitative estimate of drug-likeness (QED) is 0.510. The number of nitrogen functional groups attached to an aromatic ring is 1. The average Bonchev–Trinajstić information content (AvgIpc) is 2.38. The van der Waals surface area contributed by atoms with E-state index in [2.05, 4.69) is 9.97 Å². The summed E-state index contributed by atoms with van der Waals surface area (Å²) >= 11 is 5.92. The summed E-state index contributed by atoms with van der Waals surface area (Å²) in [5, 5.41) is 8.41. The second-order valence-corrected chi connectivity index (χ2v) is 4.29. The molecule has 1 heterocycles. The maximum atomic E-state index is 8.13. The SMILES string of the molecule is COCc1cc(Cl)nc(C(=N)c2ccccc2N)n1. The van der Waals surface area contributed by atoms with Gasteiger partial charge in [-0.25, -0.2) is 9.97 Å². The fraction of sp³-hybridized carbons (Fsp3) is 0.154. The number of hydrogen-bond acceptors (Lipinski definition) is 5. The standard InChI is InChI=1S/C13H13ClN4O/c1-19-7-8-6-11(14)18-13(17-8)12(16)9-4-2-3-5-10(9)15/h2-6,16H,7,15H2,1H3. The number of nitrogens with zero attached hydrogens (tertiary/aromatic N) is 2. The van der Waals surface area contributed by atoms with Crippen LogP contribution >= 0.6 is 11.6 Å². The molecule has 6 heteroatoms. The van der Waals surface area contributed by atoms with E-state index in [1.54, 1.807) is 37.4 Å². The number of aromatic nitrogens is 2. The second-order valence-electron chi connectivity index (χ2n) is 3.90. The summed E-state index contributed by atoms with van der Waals surface area (Å²) in [6, 6.07) is 8.70. The monoisotopic (exact) mass is 276 g/mol. The van der Waals surface area contributed by atoms with Crippen LogP contribution in [0, 0.1) is 5.41 Å². The molecule has 0 aliphatic heterocycles. The van der Waals surface area contributed by atoms with E-state index in [1.807, 2.05) is 0 Å². The molecule has 0 saturated carbocycles. The Morgan fingerprint density at radius 2 is 2.11 bits per heavy atom. The zero-order valence-electron chi connectivity index (χ0n) is 10.4. The van der Waals surface area contributed by atoms with Crippen molar-refractivity contribution in [3.63, 3.8) is 0 Å². The van der Waals surface area contributed by atoms with Gasteiger partial charge in [-0.1, -0.05) is 29.8 Å². The molecular weight excluding hydrogens is 264 g/mol. The normalized spacial score (nSPS) is 10.4. The molecule has 5 nitrogen and oxygen atoms in total. The van der Waals surface area contributed by atoms with Crippen molar-refractivity contribution in [2.75, 3.05) is 12.8 Å². The van der Waals surface area contributed by atoms with E-state index in [-0.39, 0.29) is 16.7 Å². The third-order valence-electron chi connectivity index (χ3n) is 2.49. The van der Waals surface area contributed by atoms with E-state index in [9.17, 15) is 0 Å². The van der Waals surface area contributed by atoms with Gasteiger partial charge < -0.3 is 10.5 Å². The van der Waals surface area contributed by atoms with Crippen LogP contribution in [0.3, 0.4) is 0 Å². The first-order chi connectivity index (χ1) is 9.11. The van der Waals surface area contributed by atoms with Crippen LogP contribution in [0.2, 0.25) is 5.15 Å². The second kappa shape index (κ2) is 5.77. The lowest BCUT2D eigenvalue weighted by molar-refractivity contribution is 0.181. The molecule has 0 radical (unpaired) electrons. The van der Waals surface area contributed by atoms with Gasteiger partial charge in [0.25, 0.3) is 0 Å². The lowest BCUT2D eigenvalue weighted by Crippen LogP contribution is -2.11. The van der Waals surface area contributed by atoms with Gasteiger partial charge in [0.1, 0.15) is 10.9 Å². The molecule has 2 aromatic rings. The van der Waals surface area contributed by atoms with Crippen molar-refractivity contribution in [2.24, 2.45) is 0 Å². The van der Waals surface area contributed by atoms with Gasteiger partial charge in [-0.2, -0.15) is 0 Å². The Hall–Kier alpha value is -1.98. The maximum Gasteiger partial charge on any atom is 0.179 e. The van der Waals surface area contributed by atoms with E-state index < -0.39 is 0 Å². The van der Waals surface area contributed by atoms with Gasteiger partial charge in [0.05, 0.1) is 12.3 Å². The molecule has 0 atom stereocenters. The summed E-state index contributed by atoms with van der Waals surface area (Å²) < 4.78 is 5.00. The lowest BCUT2D eigenvalue weighted by atomic mass is 10.1. The third-order valence-corrected chi connectivity index (χ3v) is 2.69. The van der Waals surface area contributed by atoms with Crippen LogP contribution in [-0.2, 0) is 11.3 Å². The number of nitrogens with two attached hydrogens (primary N) is 1. The first-order valence-electron chi connectivity index (χ1n) is 5.58.